The first-order valence-corrected chi connectivity index (χ1v) is 9.71. The molecule has 1 N–H and O–H groups in total. The number of nitrogens with zero attached hydrogens (tertiary/aromatic N) is 1. The number of nitrogens with one attached hydrogen (secondary N) is 1. The molecule has 1 amide bonds. The molecule has 0 aliphatic carbocycles. The van der Waals surface area contributed by atoms with Crippen molar-refractivity contribution >= 4 is 15.9 Å². The summed E-state index contributed by atoms with van der Waals surface area (Å²) in [6.45, 7) is 3.43. The standard InChI is InChI=1S/C19H19F3N2O3S/c1-2-11-24(14-15-7-4-3-5-8-15)18(25)13-23-28(26,27)17-10-6-9-16(12-17)19(20,21)22/h2-10,12,23H,1,11,13-14H2. The van der Waals surface area contributed by atoms with Gasteiger partial charge in [-0.25, -0.2) is 13.1 Å². The zero-order chi connectivity index (χ0) is 20.8. The summed E-state index contributed by atoms with van der Waals surface area (Å²) in [6, 6.07) is 12.4. The quantitative estimate of drug-likeness (QED) is 0.677. The van der Waals surface area contributed by atoms with E-state index < -0.39 is 39.1 Å². The van der Waals surface area contributed by atoms with Gasteiger partial charge in [-0.1, -0.05) is 42.5 Å². The molecule has 28 heavy (non-hydrogen) atoms. The topological polar surface area (TPSA) is 66.5 Å². The summed E-state index contributed by atoms with van der Waals surface area (Å²) in [5, 5.41) is 0. The Morgan fingerprint density at radius 3 is 2.39 bits per heavy atom. The molecule has 0 radical (unpaired) electrons. The van der Waals surface area contributed by atoms with E-state index in [4.69, 9.17) is 0 Å². The Kier molecular flexibility index (Phi) is 6.98. The van der Waals surface area contributed by atoms with Crippen molar-refractivity contribution in [1.82, 2.24) is 9.62 Å². The normalized spacial score (nSPS) is 11.8. The zero-order valence-corrected chi connectivity index (χ0v) is 15.6. The van der Waals surface area contributed by atoms with Gasteiger partial charge in [0, 0.05) is 13.1 Å². The van der Waals surface area contributed by atoms with E-state index in [0.717, 1.165) is 23.8 Å². The number of carbonyl (C=O) groups excluding carboxylic acids is 1. The number of hydrogen-bond acceptors (Lipinski definition) is 3. The predicted octanol–water partition coefficient (Wildman–Crippen LogP) is 3.20. The van der Waals surface area contributed by atoms with Crippen molar-refractivity contribution in [2.75, 3.05) is 13.1 Å². The van der Waals surface area contributed by atoms with E-state index in [9.17, 15) is 26.4 Å². The first-order valence-electron chi connectivity index (χ1n) is 8.23. The number of sulfonamides is 1. The van der Waals surface area contributed by atoms with Crippen molar-refractivity contribution in [1.29, 1.82) is 0 Å². The van der Waals surface area contributed by atoms with Crippen LogP contribution in [0.25, 0.3) is 0 Å². The maximum atomic E-state index is 12.8. The molecule has 0 spiro atoms. The number of benzene rings is 2. The Labute approximate surface area is 161 Å². The summed E-state index contributed by atoms with van der Waals surface area (Å²) in [4.78, 5) is 13.2. The Morgan fingerprint density at radius 1 is 1.11 bits per heavy atom. The van der Waals surface area contributed by atoms with Crippen LogP contribution in [0.5, 0.6) is 0 Å². The molecule has 2 rings (SSSR count). The lowest BCUT2D eigenvalue weighted by Crippen LogP contribution is -2.40. The van der Waals surface area contributed by atoms with Crippen LogP contribution in [0.2, 0.25) is 0 Å². The number of amides is 1. The van der Waals surface area contributed by atoms with Crippen molar-refractivity contribution in [3.05, 3.63) is 78.4 Å². The number of alkyl halides is 3. The Bertz CT molecular complexity index is 929. The van der Waals surface area contributed by atoms with Gasteiger partial charge in [-0.15, -0.1) is 6.58 Å². The summed E-state index contributed by atoms with van der Waals surface area (Å²) < 4.78 is 65.0. The lowest BCUT2D eigenvalue weighted by Gasteiger charge is -2.21. The molecule has 0 aromatic heterocycles. The monoisotopic (exact) mass is 412 g/mol. The van der Waals surface area contributed by atoms with E-state index in [-0.39, 0.29) is 13.1 Å². The molecule has 0 heterocycles. The maximum Gasteiger partial charge on any atom is 0.416 e. The molecule has 150 valence electrons. The number of hydrogen-bond donors (Lipinski definition) is 1. The third-order valence-electron chi connectivity index (χ3n) is 3.80. The highest BCUT2D eigenvalue weighted by molar-refractivity contribution is 7.89. The average Bonchev–Trinajstić information content (AvgIpc) is 2.66. The second kappa shape index (κ2) is 9.03. The number of rotatable bonds is 8. The molecule has 0 saturated carbocycles. The van der Waals surface area contributed by atoms with Crippen molar-refractivity contribution < 1.29 is 26.4 Å². The molecule has 0 aliphatic rings. The van der Waals surface area contributed by atoms with Gasteiger partial charge in [-0.3, -0.25) is 4.79 Å². The van der Waals surface area contributed by atoms with Gasteiger partial charge in [0.15, 0.2) is 0 Å². The van der Waals surface area contributed by atoms with Crippen LogP contribution in [0, 0.1) is 0 Å². The molecule has 2 aromatic rings. The number of carbonyl (C=O) groups is 1. The molecule has 5 nitrogen and oxygen atoms in total. The van der Waals surface area contributed by atoms with Crippen LogP contribution in [-0.4, -0.2) is 32.3 Å². The van der Waals surface area contributed by atoms with Gasteiger partial charge in [0.2, 0.25) is 15.9 Å². The van der Waals surface area contributed by atoms with Gasteiger partial charge < -0.3 is 4.90 Å². The molecule has 0 fully saturated rings. The van der Waals surface area contributed by atoms with Crippen molar-refractivity contribution in [3.8, 4) is 0 Å². The van der Waals surface area contributed by atoms with Crippen LogP contribution < -0.4 is 4.72 Å². The molecule has 0 aliphatic heterocycles. The van der Waals surface area contributed by atoms with Crippen LogP contribution in [0.1, 0.15) is 11.1 Å². The van der Waals surface area contributed by atoms with E-state index in [1.807, 2.05) is 30.3 Å². The second-order valence-corrected chi connectivity index (χ2v) is 7.67. The molecular formula is C19H19F3N2O3S. The van der Waals surface area contributed by atoms with Gasteiger partial charge in [-0.2, -0.15) is 13.2 Å². The smallest absolute Gasteiger partial charge is 0.334 e. The molecule has 0 unspecified atom stereocenters. The van der Waals surface area contributed by atoms with Crippen LogP contribution in [0.4, 0.5) is 13.2 Å². The Morgan fingerprint density at radius 2 is 1.79 bits per heavy atom. The van der Waals surface area contributed by atoms with Crippen LogP contribution in [-0.2, 0) is 27.5 Å². The molecular weight excluding hydrogens is 393 g/mol. The molecule has 9 heteroatoms. The molecule has 0 saturated heterocycles. The van der Waals surface area contributed by atoms with E-state index in [0.29, 0.717) is 6.07 Å². The fourth-order valence-corrected chi connectivity index (χ4v) is 3.43. The minimum absolute atomic E-state index is 0.193. The van der Waals surface area contributed by atoms with Crippen molar-refractivity contribution in [2.24, 2.45) is 0 Å². The highest BCUT2D eigenvalue weighted by Crippen LogP contribution is 2.30. The van der Waals surface area contributed by atoms with E-state index in [2.05, 4.69) is 11.3 Å². The van der Waals surface area contributed by atoms with Gasteiger partial charge >= 0.3 is 6.18 Å². The second-order valence-electron chi connectivity index (χ2n) is 5.90. The van der Waals surface area contributed by atoms with E-state index in [1.165, 1.54) is 11.0 Å². The average molecular weight is 412 g/mol. The number of halogens is 3. The van der Waals surface area contributed by atoms with Crippen molar-refractivity contribution in [3.63, 3.8) is 0 Å². The highest BCUT2D eigenvalue weighted by Gasteiger charge is 2.31. The van der Waals surface area contributed by atoms with E-state index >= 15 is 0 Å². The lowest BCUT2D eigenvalue weighted by atomic mass is 10.2. The summed E-state index contributed by atoms with van der Waals surface area (Å²) in [7, 11) is -4.28. The summed E-state index contributed by atoms with van der Waals surface area (Å²) in [5.74, 6) is -0.528. The third-order valence-corrected chi connectivity index (χ3v) is 5.20. The lowest BCUT2D eigenvalue weighted by molar-refractivity contribution is -0.137. The minimum atomic E-state index is -4.67. The predicted molar refractivity (Wildman–Crippen MR) is 98.7 cm³/mol. The van der Waals surface area contributed by atoms with Crippen LogP contribution >= 0.6 is 0 Å². The SMILES string of the molecule is C=CCN(Cc1ccccc1)C(=O)CNS(=O)(=O)c1cccc(C(F)(F)F)c1. The largest absolute Gasteiger partial charge is 0.416 e. The molecule has 0 atom stereocenters. The highest BCUT2D eigenvalue weighted by atomic mass is 32.2. The summed E-state index contributed by atoms with van der Waals surface area (Å²) >= 11 is 0. The Hall–Kier alpha value is -2.65. The maximum absolute atomic E-state index is 12.8. The fraction of sp³-hybridized carbons (Fsp3) is 0.211. The molecule has 2 aromatic carbocycles. The van der Waals surface area contributed by atoms with E-state index in [1.54, 1.807) is 0 Å². The summed E-state index contributed by atoms with van der Waals surface area (Å²) in [6.07, 6.45) is -3.17. The van der Waals surface area contributed by atoms with Gasteiger partial charge in [0.1, 0.15) is 0 Å². The molecule has 0 bridgehead atoms. The van der Waals surface area contributed by atoms with Crippen molar-refractivity contribution in [2.45, 2.75) is 17.6 Å². The van der Waals surface area contributed by atoms with Gasteiger partial charge in [0.25, 0.3) is 0 Å². The summed E-state index contributed by atoms with van der Waals surface area (Å²) in [5.41, 5.74) is -0.238. The zero-order valence-electron chi connectivity index (χ0n) is 14.8. The Balaban J connectivity index is 2.09. The first kappa shape index (κ1) is 21.6. The van der Waals surface area contributed by atoms with Gasteiger partial charge in [0.05, 0.1) is 17.0 Å². The third kappa shape index (κ3) is 5.93. The van der Waals surface area contributed by atoms with Gasteiger partial charge in [-0.05, 0) is 23.8 Å². The fourth-order valence-electron chi connectivity index (χ4n) is 2.41. The first-order chi connectivity index (χ1) is 13.1. The van der Waals surface area contributed by atoms with Crippen LogP contribution in [0.15, 0.2) is 72.1 Å². The van der Waals surface area contributed by atoms with Crippen LogP contribution in [0.3, 0.4) is 0 Å². The minimum Gasteiger partial charge on any atom is -0.334 e.